The molecule has 1 fully saturated rings. The maximum Gasteiger partial charge on any atom is 0.325 e. The van der Waals surface area contributed by atoms with E-state index in [1.54, 1.807) is 18.8 Å². The van der Waals surface area contributed by atoms with E-state index >= 15 is 0 Å². The van der Waals surface area contributed by atoms with Crippen LogP contribution >= 0.6 is 11.8 Å². The van der Waals surface area contributed by atoms with Gasteiger partial charge in [0.2, 0.25) is 0 Å². The van der Waals surface area contributed by atoms with E-state index in [0.717, 1.165) is 5.75 Å². The quantitative estimate of drug-likeness (QED) is 0.638. The number of carboxylic acids is 1. The fraction of sp³-hybridized carbons (Fsp3) is 0.857. The van der Waals surface area contributed by atoms with Crippen molar-refractivity contribution < 1.29 is 9.90 Å². The van der Waals surface area contributed by atoms with Crippen LogP contribution in [0.25, 0.3) is 0 Å². The van der Waals surface area contributed by atoms with Crippen molar-refractivity contribution in [3.63, 3.8) is 0 Å². The molecule has 0 aromatic rings. The van der Waals surface area contributed by atoms with Gasteiger partial charge in [0.25, 0.3) is 0 Å². The van der Waals surface area contributed by atoms with Crippen molar-refractivity contribution in [1.82, 2.24) is 5.32 Å². The first-order valence-corrected chi connectivity index (χ1v) is 4.79. The highest BCUT2D eigenvalue weighted by molar-refractivity contribution is 7.99. The summed E-state index contributed by atoms with van der Waals surface area (Å²) in [4.78, 5) is 10.9. The van der Waals surface area contributed by atoms with Gasteiger partial charge in [-0.25, -0.2) is 0 Å². The minimum Gasteiger partial charge on any atom is -0.480 e. The third-order valence-corrected chi connectivity index (χ3v) is 3.76. The van der Waals surface area contributed by atoms with Crippen LogP contribution in [0, 0.1) is 5.92 Å². The van der Waals surface area contributed by atoms with Crippen LogP contribution in [-0.4, -0.2) is 35.2 Å². The molecule has 1 saturated heterocycles. The zero-order valence-electron chi connectivity index (χ0n) is 6.76. The number of aliphatic carboxylic acids is 1. The molecule has 3 nitrogen and oxygen atoms in total. The molecule has 1 rings (SSSR count). The molecule has 0 amide bonds. The fourth-order valence-corrected chi connectivity index (χ4v) is 3.01. The van der Waals surface area contributed by atoms with E-state index in [2.05, 4.69) is 5.32 Å². The van der Waals surface area contributed by atoms with E-state index in [9.17, 15) is 4.79 Å². The van der Waals surface area contributed by atoms with Crippen LogP contribution in [0.1, 0.15) is 6.92 Å². The molecule has 0 saturated carbocycles. The SMILES string of the molecule is CNC1(C(=O)O)CSCC1C. The Kier molecular flexibility index (Phi) is 2.44. The Bertz CT molecular complexity index is 174. The molecule has 2 N–H and O–H groups in total. The first-order valence-electron chi connectivity index (χ1n) is 3.63. The fourth-order valence-electron chi connectivity index (χ4n) is 1.38. The first-order chi connectivity index (χ1) is 5.13. The van der Waals surface area contributed by atoms with Gasteiger partial charge in [-0.15, -0.1) is 0 Å². The molecule has 1 aliphatic heterocycles. The van der Waals surface area contributed by atoms with Crippen LogP contribution in [0.2, 0.25) is 0 Å². The lowest BCUT2D eigenvalue weighted by atomic mass is 9.89. The third-order valence-electron chi connectivity index (χ3n) is 2.37. The molecule has 1 aliphatic rings. The van der Waals surface area contributed by atoms with Crippen LogP contribution in [0.3, 0.4) is 0 Å². The van der Waals surface area contributed by atoms with Crippen molar-refractivity contribution in [2.75, 3.05) is 18.6 Å². The summed E-state index contributed by atoms with van der Waals surface area (Å²) >= 11 is 1.70. The summed E-state index contributed by atoms with van der Waals surface area (Å²) in [5, 5.41) is 11.9. The Hall–Kier alpha value is -0.220. The average Bonchev–Trinajstić information content (AvgIpc) is 2.32. The highest BCUT2D eigenvalue weighted by Crippen LogP contribution is 2.33. The van der Waals surface area contributed by atoms with Crippen LogP contribution < -0.4 is 5.32 Å². The van der Waals surface area contributed by atoms with Crippen molar-refractivity contribution in [3.8, 4) is 0 Å². The highest BCUT2D eigenvalue weighted by atomic mass is 32.2. The molecular formula is C7H13NO2S. The second-order valence-electron chi connectivity index (χ2n) is 2.94. The van der Waals surface area contributed by atoms with E-state index in [1.807, 2.05) is 6.92 Å². The monoisotopic (exact) mass is 175 g/mol. The average molecular weight is 175 g/mol. The topological polar surface area (TPSA) is 49.3 Å². The van der Waals surface area contributed by atoms with Gasteiger partial charge in [0.15, 0.2) is 0 Å². The van der Waals surface area contributed by atoms with Crippen LogP contribution in [-0.2, 0) is 4.79 Å². The Morgan fingerprint density at radius 1 is 1.82 bits per heavy atom. The third kappa shape index (κ3) is 1.25. The minimum atomic E-state index is -0.725. The molecule has 0 radical (unpaired) electrons. The zero-order valence-corrected chi connectivity index (χ0v) is 7.57. The van der Waals surface area contributed by atoms with E-state index in [0.29, 0.717) is 5.75 Å². The standard InChI is InChI=1S/C7H13NO2S/c1-5-3-11-4-7(5,8-2)6(9)10/h5,8H,3-4H2,1-2H3,(H,9,10). The summed E-state index contributed by atoms with van der Waals surface area (Å²) in [6.45, 7) is 1.98. The van der Waals surface area contributed by atoms with Gasteiger partial charge in [-0.05, 0) is 18.7 Å². The lowest BCUT2D eigenvalue weighted by Gasteiger charge is -2.27. The van der Waals surface area contributed by atoms with Gasteiger partial charge >= 0.3 is 5.97 Å². The van der Waals surface area contributed by atoms with Gasteiger partial charge in [-0.3, -0.25) is 4.79 Å². The molecule has 4 heteroatoms. The second kappa shape index (κ2) is 3.03. The molecule has 64 valence electrons. The van der Waals surface area contributed by atoms with Crippen LogP contribution in [0.15, 0.2) is 0 Å². The van der Waals surface area contributed by atoms with Crippen molar-refractivity contribution in [3.05, 3.63) is 0 Å². The molecule has 0 spiro atoms. The van der Waals surface area contributed by atoms with Crippen molar-refractivity contribution in [2.45, 2.75) is 12.5 Å². The number of thioether (sulfide) groups is 1. The Morgan fingerprint density at radius 2 is 2.45 bits per heavy atom. The summed E-state index contributed by atoms with van der Waals surface area (Å²) < 4.78 is 0. The molecule has 11 heavy (non-hydrogen) atoms. The summed E-state index contributed by atoms with van der Waals surface area (Å²) in [6, 6.07) is 0. The number of hydrogen-bond acceptors (Lipinski definition) is 3. The van der Waals surface area contributed by atoms with E-state index in [4.69, 9.17) is 5.11 Å². The number of carboxylic acid groups (broad SMARTS) is 1. The lowest BCUT2D eigenvalue weighted by molar-refractivity contribution is -0.145. The Labute approximate surface area is 70.6 Å². The summed E-state index contributed by atoms with van der Waals surface area (Å²) in [5.74, 6) is 1.11. The predicted molar refractivity (Wildman–Crippen MR) is 45.9 cm³/mol. The summed E-state index contributed by atoms with van der Waals surface area (Å²) in [5.41, 5.74) is -0.676. The Morgan fingerprint density at radius 3 is 2.64 bits per heavy atom. The number of rotatable bonds is 2. The largest absolute Gasteiger partial charge is 0.480 e. The van der Waals surface area contributed by atoms with E-state index < -0.39 is 11.5 Å². The van der Waals surface area contributed by atoms with Gasteiger partial charge in [0.05, 0.1) is 0 Å². The number of carbonyl (C=O) groups is 1. The maximum atomic E-state index is 10.9. The smallest absolute Gasteiger partial charge is 0.325 e. The predicted octanol–water partition coefficient (Wildman–Crippen LogP) is 0.412. The van der Waals surface area contributed by atoms with Gasteiger partial charge in [0, 0.05) is 5.75 Å². The number of hydrogen-bond donors (Lipinski definition) is 2. The van der Waals surface area contributed by atoms with Crippen LogP contribution in [0.4, 0.5) is 0 Å². The molecule has 2 atom stereocenters. The van der Waals surface area contributed by atoms with E-state index in [1.165, 1.54) is 0 Å². The molecule has 2 unspecified atom stereocenters. The van der Waals surface area contributed by atoms with Gasteiger partial charge in [-0.2, -0.15) is 11.8 Å². The van der Waals surface area contributed by atoms with Gasteiger partial charge in [0.1, 0.15) is 5.54 Å². The number of likely N-dealkylation sites (N-methyl/N-ethyl adjacent to an activating group) is 1. The molecule has 0 aromatic heterocycles. The molecule has 1 heterocycles. The van der Waals surface area contributed by atoms with Gasteiger partial charge < -0.3 is 10.4 Å². The van der Waals surface area contributed by atoms with Crippen molar-refractivity contribution in [2.24, 2.45) is 5.92 Å². The molecular weight excluding hydrogens is 162 g/mol. The molecule has 0 aliphatic carbocycles. The van der Waals surface area contributed by atoms with Gasteiger partial charge in [-0.1, -0.05) is 6.92 Å². The molecule has 0 aromatic carbocycles. The normalized spacial score (nSPS) is 37.5. The number of nitrogens with one attached hydrogen (secondary N) is 1. The first kappa shape index (κ1) is 8.87. The van der Waals surface area contributed by atoms with E-state index in [-0.39, 0.29) is 5.92 Å². The maximum absolute atomic E-state index is 10.9. The minimum absolute atomic E-state index is 0.218. The van der Waals surface area contributed by atoms with Crippen molar-refractivity contribution in [1.29, 1.82) is 0 Å². The molecule has 0 bridgehead atoms. The second-order valence-corrected chi connectivity index (χ2v) is 3.97. The zero-order chi connectivity index (χ0) is 8.48. The summed E-state index contributed by atoms with van der Waals surface area (Å²) in [6.07, 6.45) is 0. The summed E-state index contributed by atoms with van der Waals surface area (Å²) in [7, 11) is 1.72. The van der Waals surface area contributed by atoms with Crippen molar-refractivity contribution >= 4 is 17.7 Å². The Balaban J connectivity index is 2.82. The lowest BCUT2D eigenvalue weighted by Crippen LogP contribution is -2.55. The van der Waals surface area contributed by atoms with Crippen LogP contribution in [0.5, 0.6) is 0 Å². The highest BCUT2D eigenvalue weighted by Gasteiger charge is 2.46.